The zero-order chi connectivity index (χ0) is 44.3. The molecule has 15 nitrogen and oxygen atoms in total. The van der Waals surface area contributed by atoms with Crippen LogP contribution in [0.5, 0.6) is 0 Å². The number of imide groups is 1. The molecule has 64 heavy (non-hydrogen) atoms. The average Bonchev–Trinajstić information content (AvgIpc) is 3.67. The molecule has 0 radical (unpaired) electrons. The predicted molar refractivity (Wildman–Crippen MR) is 243 cm³/mol. The average molecular weight is 869 g/mol. The third-order valence-electron chi connectivity index (χ3n) is 13.5. The van der Waals surface area contributed by atoms with Crippen molar-refractivity contribution in [2.75, 3.05) is 70.3 Å². The van der Waals surface area contributed by atoms with Gasteiger partial charge in [0.25, 0.3) is 11.8 Å². The predicted octanol–water partition coefficient (Wildman–Crippen LogP) is 3.90. The van der Waals surface area contributed by atoms with Crippen LogP contribution in [0.15, 0.2) is 60.9 Å². The lowest BCUT2D eigenvalue weighted by atomic mass is 9.91. The highest BCUT2D eigenvalue weighted by molar-refractivity contribution is 6.05. The van der Waals surface area contributed by atoms with Gasteiger partial charge in [-0.2, -0.15) is 0 Å². The van der Waals surface area contributed by atoms with E-state index in [1.807, 2.05) is 41.3 Å². The van der Waals surface area contributed by atoms with Crippen molar-refractivity contribution in [3.05, 3.63) is 88.9 Å². The summed E-state index contributed by atoms with van der Waals surface area (Å²) in [5, 5.41) is 14.2. The van der Waals surface area contributed by atoms with Gasteiger partial charge in [-0.05, 0) is 105 Å². The van der Waals surface area contributed by atoms with E-state index >= 15 is 0 Å². The Morgan fingerprint density at radius 3 is 2.44 bits per heavy atom. The number of pyridine rings is 1. The third-order valence-corrected chi connectivity index (χ3v) is 13.5. The van der Waals surface area contributed by atoms with E-state index in [2.05, 4.69) is 52.4 Å². The zero-order valence-electron chi connectivity index (χ0n) is 36.8. The maximum atomic E-state index is 13.3. The van der Waals surface area contributed by atoms with Gasteiger partial charge in [0.1, 0.15) is 6.04 Å². The monoisotopic (exact) mass is 868 g/mol. The number of benzene rings is 1. The molecular weight excluding hydrogens is 809 g/mol. The number of hydrogen-bond acceptors (Lipinski definition) is 11. The fraction of sp³-hybridized carbons (Fsp3) is 0.510. The highest BCUT2D eigenvalue weighted by Gasteiger charge is 2.40. The highest BCUT2D eigenvalue weighted by atomic mass is 16.2. The molecule has 1 aromatic carbocycles. The second-order valence-electron chi connectivity index (χ2n) is 17.7. The van der Waals surface area contributed by atoms with Crippen LogP contribution in [0.25, 0.3) is 6.08 Å². The number of piperazine rings is 1. The molecule has 5 aliphatic rings. The minimum Gasteiger partial charge on any atom is -0.355 e. The summed E-state index contributed by atoms with van der Waals surface area (Å²) >= 11 is 0. The van der Waals surface area contributed by atoms with Crippen molar-refractivity contribution in [1.29, 1.82) is 0 Å². The summed E-state index contributed by atoms with van der Waals surface area (Å²) in [7, 11) is 0. The second-order valence-corrected chi connectivity index (χ2v) is 17.7. The molecule has 8 rings (SSSR count). The number of carbonyl (C=O) groups is 5. The molecule has 336 valence electrons. The lowest BCUT2D eigenvalue weighted by Gasteiger charge is -2.43. The van der Waals surface area contributed by atoms with Gasteiger partial charge in [-0.15, -0.1) is 10.2 Å². The Balaban J connectivity index is 0.684. The van der Waals surface area contributed by atoms with Crippen molar-refractivity contribution in [2.45, 2.75) is 89.3 Å². The summed E-state index contributed by atoms with van der Waals surface area (Å²) in [6.45, 7) is 9.51. The Hall–Kier alpha value is -5.98. The zero-order valence-corrected chi connectivity index (χ0v) is 36.8. The summed E-state index contributed by atoms with van der Waals surface area (Å²) in [5.41, 5.74) is 3.60. The van der Waals surface area contributed by atoms with E-state index in [-0.39, 0.29) is 30.0 Å². The SMILES string of the molecule is O=C(/C=C/c1cccnc1)NCCCCC1CCN(C(=O)c2ccc(N3CCC(N4CCN(CCCC#Cc5cccc6c5CN(C5CCC(=O)NC5=O)C6=O)CC4)CC3)nn2)CC1. The fourth-order valence-corrected chi connectivity index (χ4v) is 9.73. The molecule has 5 amide bonds. The summed E-state index contributed by atoms with van der Waals surface area (Å²) in [6, 6.07) is 13.1. The van der Waals surface area contributed by atoms with Crippen molar-refractivity contribution in [3.63, 3.8) is 0 Å². The first-order valence-electron chi connectivity index (χ1n) is 23.2. The van der Waals surface area contributed by atoms with E-state index < -0.39 is 11.9 Å². The first-order chi connectivity index (χ1) is 31.3. The van der Waals surface area contributed by atoms with Crippen LogP contribution in [-0.2, 0) is 20.9 Å². The number of rotatable bonds is 14. The summed E-state index contributed by atoms with van der Waals surface area (Å²) in [6.07, 6.45) is 16.3. The maximum absolute atomic E-state index is 13.3. The van der Waals surface area contributed by atoms with Gasteiger partial charge in [0.2, 0.25) is 17.7 Å². The van der Waals surface area contributed by atoms with Crippen LogP contribution >= 0.6 is 0 Å². The molecule has 15 heteroatoms. The van der Waals surface area contributed by atoms with Crippen LogP contribution in [0.1, 0.15) is 108 Å². The number of amides is 5. The Morgan fingerprint density at radius 1 is 0.859 bits per heavy atom. The number of carbonyl (C=O) groups excluding carboxylic acids is 5. The van der Waals surface area contributed by atoms with Crippen molar-refractivity contribution in [1.82, 2.24) is 45.4 Å². The van der Waals surface area contributed by atoms with Gasteiger partial charge in [0.15, 0.2) is 11.5 Å². The molecule has 2 aromatic heterocycles. The van der Waals surface area contributed by atoms with Crippen LogP contribution < -0.4 is 15.5 Å². The van der Waals surface area contributed by atoms with Crippen LogP contribution in [-0.4, -0.2) is 142 Å². The van der Waals surface area contributed by atoms with Crippen LogP contribution in [0, 0.1) is 17.8 Å². The van der Waals surface area contributed by atoms with Crippen LogP contribution in [0.3, 0.4) is 0 Å². The van der Waals surface area contributed by atoms with Crippen LogP contribution in [0.4, 0.5) is 5.82 Å². The van der Waals surface area contributed by atoms with Gasteiger partial charge in [0, 0.05) is 114 Å². The normalized spacial score (nSPS) is 20.3. The lowest BCUT2D eigenvalue weighted by Crippen LogP contribution is -2.53. The molecule has 3 aromatic rings. The molecule has 4 saturated heterocycles. The summed E-state index contributed by atoms with van der Waals surface area (Å²) in [5.74, 6) is 7.05. The molecule has 2 N–H and O–H groups in total. The standard InChI is InChI=1S/C49H60N10O5/c60-45(17-13-37-9-7-23-50-34-37)51-24-4-3-8-36-19-26-58(27-20-36)49(64)42-14-16-44(54-53-42)57-28-21-39(22-29-57)56-32-30-55(31-33-56)25-5-1-2-10-38-11-6-12-40-41(38)35-59(48(40)63)43-15-18-46(61)52-47(43)62/h6-7,9,11-14,16-17,23,34,36,39,43H,1,3-5,8,15,18-22,24-33,35H2,(H,51,60)(H,52,61,62)/b17-13+. The maximum Gasteiger partial charge on any atom is 0.274 e. The number of piperidine rings is 3. The fourth-order valence-electron chi connectivity index (χ4n) is 9.73. The summed E-state index contributed by atoms with van der Waals surface area (Å²) < 4.78 is 0. The van der Waals surface area contributed by atoms with E-state index in [1.165, 1.54) is 0 Å². The number of fused-ring (bicyclic) bond motifs is 1. The number of nitrogens with zero attached hydrogens (tertiary/aromatic N) is 8. The first-order valence-corrected chi connectivity index (χ1v) is 23.2. The van der Waals surface area contributed by atoms with Crippen molar-refractivity contribution >= 4 is 41.4 Å². The van der Waals surface area contributed by atoms with E-state index in [9.17, 15) is 24.0 Å². The summed E-state index contributed by atoms with van der Waals surface area (Å²) in [4.78, 5) is 77.6. The number of nitrogens with one attached hydrogen (secondary N) is 2. The molecule has 0 aliphatic carbocycles. The number of hydrogen-bond donors (Lipinski definition) is 2. The highest BCUT2D eigenvalue weighted by Crippen LogP contribution is 2.30. The van der Waals surface area contributed by atoms with Gasteiger partial charge in [-0.1, -0.05) is 36.8 Å². The molecule has 1 unspecified atom stereocenters. The second kappa shape index (κ2) is 21.6. The number of aromatic nitrogens is 3. The van der Waals surface area contributed by atoms with E-state index in [0.29, 0.717) is 42.7 Å². The molecule has 0 saturated carbocycles. The van der Waals surface area contributed by atoms with Gasteiger partial charge < -0.3 is 24.9 Å². The Labute approximate surface area is 376 Å². The van der Waals surface area contributed by atoms with Crippen molar-refractivity contribution in [3.8, 4) is 11.8 Å². The number of likely N-dealkylation sites (tertiary alicyclic amines) is 1. The molecule has 0 bridgehead atoms. The Morgan fingerprint density at radius 2 is 1.69 bits per heavy atom. The van der Waals surface area contributed by atoms with Gasteiger partial charge in [-0.25, -0.2) is 0 Å². The number of anilines is 1. The molecule has 0 spiro atoms. The minimum absolute atomic E-state index is 0.0410. The topological polar surface area (TPSA) is 164 Å². The van der Waals surface area contributed by atoms with E-state index in [1.54, 1.807) is 35.5 Å². The molecule has 7 heterocycles. The quantitative estimate of drug-likeness (QED) is 0.105. The molecule has 1 atom stereocenters. The number of unbranched alkanes of at least 4 members (excludes halogenated alkanes) is 2. The van der Waals surface area contributed by atoms with E-state index in [0.717, 1.165) is 139 Å². The Kier molecular flexibility index (Phi) is 15.1. The minimum atomic E-state index is -0.629. The van der Waals surface area contributed by atoms with Crippen molar-refractivity contribution < 1.29 is 24.0 Å². The third kappa shape index (κ3) is 11.4. The Bertz CT molecular complexity index is 2220. The van der Waals surface area contributed by atoms with E-state index in [4.69, 9.17) is 0 Å². The molecular formula is C49H60N10O5. The van der Waals surface area contributed by atoms with Gasteiger partial charge >= 0.3 is 0 Å². The smallest absolute Gasteiger partial charge is 0.274 e. The van der Waals surface area contributed by atoms with Crippen LogP contribution in [0.2, 0.25) is 0 Å². The first kappa shape index (κ1) is 44.6. The molecule has 5 aliphatic heterocycles. The van der Waals surface area contributed by atoms with Gasteiger partial charge in [-0.3, -0.25) is 39.2 Å². The largest absolute Gasteiger partial charge is 0.355 e. The molecule has 4 fully saturated rings. The van der Waals surface area contributed by atoms with Crippen molar-refractivity contribution in [2.24, 2.45) is 5.92 Å². The van der Waals surface area contributed by atoms with Gasteiger partial charge in [0.05, 0.1) is 0 Å². The lowest BCUT2D eigenvalue weighted by molar-refractivity contribution is -0.137.